The third-order valence-corrected chi connectivity index (χ3v) is 5.08. The Morgan fingerprint density at radius 2 is 1.84 bits per heavy atom. The standard InChI is InChI=1S/C22H26N6O3S/c1-13-19(32-14(2)25-13)17-9-10-23-20(28-17)27-16-8-6-7-15(11-16)26-18(29)12-24-21(30)31-22(3,4)5/h6-11H,12H2,1-5H3,(H,24,30)(H,26,29)(H,23,27,28). The van der Waals surface area contributed by atoms with Gasteiger partial charge in [0.25, 0.3) is 0 Å². The lowest BCUT2D eigenvalue weighted by atomic mass is 10.2. The number of alkyl carbamates (subject to hydrolysis) is 1. The van der Waals surface area contributed by atoms with Gasteiger partial charge in [-0.25, -0.2) is 19.7 Å². The Balaban J connectivity index is 1.62. The van der Waals surface area contributed by atoms with E-state index in [9.17, 15) is 9.59 Å². The molecule has 0 saturated heterocycles. The number of hydrogen-bond acceptors (Lipinski definition) is 8. The van der Waals surface area contributed by atoms with Gasteiger partial charge in [-0.15, -0.1) is 11.3 Å². The number of rotatable bonds is 6. The van der Waals surface area contributed by atoms with Crippen LogP contribution in [0.5, 0.6) is 0 Å². The van der Waals surface area contributed by atoms with Crippen molar-refractivity contribution >= 4 is 40.7 Å². The number of hydrogen-bond donors (Lipinski definition) is 3. The van der Waals surface area contributed by atoms with Crippen LogP contribution in [-0.4, -0.2) is 39.1 Å². The Morgan fingerprint density at radius 1 is 1.09 bits per heavy atom. The van der Waals surface area contributed by atoms with Gasteiger partial charge in [0.1, 0.15) is 12.1 Å². The number of aryl methyl sites for hydroxylation is 2. The zero-order valence-electron chi connectivity index (χ0n) is 18.6. The largest absolute Gasteiger partial charge is 0.444 e. The van der Waals surface area contributed by atoms with E-state index in [0.29, 0.717) is 17.3 Å². The number of benzene rings is 1. The van der Waals surface area contributed by atoms with Crippen LogP contribution in [-0.2, 0) is 9.53 Å². The van der Waals surface area contributed by atoms with Gasteiger partial charge in [0.2, 0.25) is 11.9 Å². The number of nitrogens with one attached hydrogen (secondary N) is 3. The van der Waals surface area contributed by atoms with E-state index in [1.54, 1.807) is 56.5 Å². The summed E-state index contributed by atoms with van der Waals surface area (Å²) in [6.07, 6.45) is 1.04. The van der Waals surface area contributed by atoms with E-state index in [1.165, 1.54) is 0 Å². The van der Waals surface area contributed by atoms with Crippen LogP contribution in [0.1, 0.15) is 31.5 Å². The second-order valence-corrected chi connectivity index (χ2v) is 9.23. The molecule has 1 aromatic carbocycles. The van der Waals surface area contributed by atoms with Gasteiger partial charge < -0.3 is 20.7 Å². The number of carbonyl (C=O) groups excluding carboxylic acids is 2. The summed E-state index contributed by atoms with van der Waals surface area (Å²) in [5.41, 5.74) is 2.37. The Labute approximate surface area is 190 Å². The summed E-state index contributed by atoms with van der Waals surface area (Å²) in [6.45, 7) is 8.98. The molecule has 3 rings (SSSR count). The second kappa shape index (κ2) is 9.73. The lowest BCUT2D eigenvalue weighted by Gasteiger charge is -2.19. The van der Waals surface area contributed by atoms with Crippen molar-refractivity contribution in [2.24, 2.45) is 0 Å². The molecule has 3 N–H and O–H groups in total. The minimum absolute atomic E-state index is 0.203. The van der Waals surface area contributed by atoms with Crippen LogP contribution in [0, 0.1) is 13.8 Å². The number of anilines is 3. The van der Waals surface area contributed by atoms with Gasteiger partial charge in [-0.05, 0) is 58.9 Å². The van der Waals surface area contributed by atoms with E-state index < -0.39 is 11.7 Å². The molecule has 0 aliphatic rings. The molecule has 0 spiro atoms. The molecule has 0 bridgehead atoms. The van der Waals surface area contributed by atoms with Gasteiger partial charge in [-0.1, -0.05) is 6.07 Å². The molecule has 0 fully saturated rings. The summed E-state index contributed by atoms with van der Waals surface area (Å²) in [5, 5.41) is 9.30. The van der Waals surface area contributed by atoms with Crippen molar-refractivity contribution in [1.29, 1.82) is 0 Å². The smallest absolute Gasteiger partial charge is 0.408 e. The van der Waals surface area contributed by atoms with Gasteiger partial charge in [0.05, 0.1) is 21.3 Å². The Morgan fingerprint density at radius 3 is 2.53 bits per heavy atom. The van der Waals surface area contributed by atoms with Crippen molar-refractivity contribution in [1.82, 2.24) is 20.3 Å². The first-order chi connectivity index (χ1) is 15.1. The summed E-state index contributed by atoms with van der Waals surface area (Å²) in [7, 11) is 0. The fraction of sp³-hybridized carbons (Fsp3) is 0.318. The van der Waals surface area contributed by atoms with Crippen LogP contribution < -0.4 is 16.0 Å². The first-order valence-corrected chi connectivity index (χ1v) is 10.8. The Bertz CT molecular complexity index is 1120. The van der Waals surface area contributed by atoms with Crippen LogP contribution in [0.15, 0.2) is 36.5 Å². The molecule has 0 aliphatic heterocycles. The maximum atomic E-state index is 12.2. The summed E-state index contributed by atoms with van der Waals surface area (Å²) in [5.74, 6) is 0.0605. The molecular formula is C22H26N6O3S. The van der Waals surface area contributed by atoms with E-state index in [-0.39, 0.29) is 12.5 Å². The fourth-order valence-corrected chi connectivity index (χ4v) is 3.68. The highest BCUT2D eigenvalue weighted by Gasteiger charge is 2.16. The molecule has 0 aliphatic carbocycles. The quantitative estimate of drug-likeness (QED) is 0.504. The van der Waals surface area contributed by atoms with Crippen LogP contribution in [0.4, 0.5) is 22.1 Å². The molecule has 9 nitrogen and oxygen atoms in total. The topological polar surface area (TPSA) is 118 Å². The van der Waals surface area contributed by atoms with Gasteiger partial charge >= 0.3 is 6.09 Å². The molecule has 10 heteroatoms. The van der Waals surface area contributed by atoms with Crippen molar-refractivity contribution < 1.29 is 14.3 Å². The molecule has 0 atom stereocenters. The van der Waals surface area contributed by atoms with Crippen LogP contribution in [0.2, 0.25) is 0 Å². The highest BCUT2D eigenvalue weighted by molar-refractivity contribution is 7.15. The predicted octanol–water partition coefficient (Wildman–Crippen LogP) is 4.42. The third kappa shape index (κ3) is 6.74. The number of ether oxygens (including phenoxy) is 1. The SMILES string of the molecule is Cc1nc(C)c(-c2ccnc(Nc3cccc(NC(=O)CNC(=O)OC(C)(C)C)c3)n2)s1. The molecule has 168 valence electrons. The maximum Gasteiger partial charge on any atom is 0.408 e. The van der Waals surface area contributed by atoms with Gasteiger partial charge in [0.15, 0.2) is 0 Å². The third-order valence-electron chi connectivity index (χ3n) is 3.99. The normalized spacial score (nSPS) is 11.0. The van der Waals surface area contributed by atoms with Gasteiger partial charge in [-0.2, -0.15) is 0 Å². The number of nitrogens with zero attached hydrogens (tertiary/aromatic N) is 3. The van der Waals surface area contributed by atoms with Crippen molar-refractivity contribution in [3.8, 4) is 10.6 Å². The number of aromatic nitrogens is 3. The molecule has 0 saturated carbocycles. The lowest BCUT2D eigenvalue weighted by molar-refractivity contribution is -0.115. The highest BCUT2D eigenvalue weighted by Crippen LogP contribution is 2.29. The van der Waals surface area contributed by atoms with Crippen molar-refractivity contribution in [3.05, 3.63) is 47.2 Å². The molecular weight excluding hydrogens is 428 g/mol. The van der Waals surface area contributed by atoms with E-state index in [1.807, 2.05) is 26.0 Å². The maximum absolute atomic E-state index is 12.2. The average Bonchev–Trinajstić information content (AvgIpc) is 3.04. The zero-order chi connectivity index (χ0) is 23.3. The van der Waals surface area contributed by atoms with Crippen molar-refractivity contribution in [2.45, 2.75) is 40.2 Å². The highest BCUT2D eigenvalue weighted by atomic mass is 32.1. The Hall–Kier alpha value is -3.53. The van der Waals surface area contributed by atoms with Crippen LogP contribution in [0.3, 0.4) is 0 Å². The molecule has 32 heavy (non-hydrogen) atoms. The average molecular weight is 455 g/mol. The van der Waals surface area contributed by atoms with E-state index in [2.05, 4.69) is 30.9 Å². The Kier molecular flexibility index (Phi) is 7.04. The van der Waals surface area contributed by atoms with Gasteiger partial charge in [-0.3, -0.25) is 4.79 Å². The molecule has 0 unspecified atom stereocenters. The number of thiazole rings is 1. The fourth-order valence-electron chi connectivity index (χ4n) is 2.79. The van der Waals surface area contributed by atoms with Crippen molar-refractivity contribution in [3.63, 3.8) is 0 Å². The van der Waals surface area contributed by atoms with Crippen molar-refractivity contribution in [2.75, 3.05) is 17.2 Å². The lowest BCUT2D eigenvalue weighted by Crippen LogP contribution is -2.37. The molecule has 2 aromatic heterocycles. The van der Waals surface area contributed by atoms with E-state index in [4.69, 9.17) is 4.74 Å². The number of amides is 2. The summed E-state index contributed by atoms with van der Waals surface area (Å²) in [4.78, 5) is 38.2. The van der Waals surface area contributed by atoms with Crippen LogP contribution >= 0.6 is 11.3 Å². The summed E-state index contributed by atoms with van der Waals surface area (Å²) < 4.78 is 5.12. The molecule has 2 amide bonds. The minimum Gasteiger partial charge on any atom is -0.444 e. The summed E-state index contributed by atoms with van der Waals surface area (Å²) in [6, 6.07) is 8.98. The van der Waals surface area contributed by atoms with E-state index in [0.717, 1.165) is 21.3 Å². The van der Waals surface area contributed by atoms with Crippen LogP contribution in [0.25, 0.3) is 10.6 Å². The molecule has 3 aromatic rings. The molecule has 2 heterocycles. The number of carbonyl (C=O) groups is 2. The monoisotopic (exact) mass is 454 g/mol. The van der Waals surface area contributed by atoms with Gasteiger partial charge in [0, 0.05) is 17.6 Å². The zero-order valence-corrected chi connectivity index (χ0v) is 19.5. The summed E-state index contributed by atoms with van der Waals surface area (Å²) >= 11 is 1.59. The predicted molar refractivity (Wildman–Crippen MR) is 125 cm³/mol. The second-order valence-electron chi connectivity index (χ2n) is 8.02. The molecule has 0 radical (unpaired) electrons. The first kappa shape index (κ1) is 23.1. The minimum atomic E-state index is -0.647. The first-order valence-electron chi connectivity index (χ1n) is 10.0. The van der Waals surface area contributed by atoms with E-state index >= 15 is 0 Å².